The van der Waals surface area contributed by atoms with Crippen molar-refractivity contribution >= 4 is 6.08 Å². The number of allylic oxidation sites excluding steroid dienone is 1. The molecule has 0 aromatic heterocycles. The van der Waals surface area contributed by atoms with Crippen LogP contribution in [-0.2, 0) is 0 Å². The first kappa shape index (κ1) is 14.2. The highest BCUT2D eigenvalue weighted by Crippen LogP contribution is 2.15. The molecule has 0 saturated carbocycles. The molecule has 1 aromatic rings. The van der Waals surface area contributed by atoms with Crippen molar-refractivity contribution in [1.82, 2.24) is 0 Å². The van der Waals surface area contributed by atoms with Crippen LogP contribution in [0.15, 0.2) is 30.0 Å². The van der Waals surface area contributed by atoms with E-state index in [1.807, 2.05) is 24.3 Å². The zero-order chi connectivity index (χ0) is 13.4. The number of hydrogen-bond donors (Lipinski definition) is 0. The monoisotopic (exact) mass is 249 g/mol. The Bertz CT molecular complexity index is 410. The van der Waals surface area contributed by atoms with Crippen LogP contribution in [0.3, 0.4) is 0 Å². The lowest BCUT2D eigenvalue weighted by atomic mass is 10.2. The maximum absolute atomic E-state index is 10.5. The predicted octanol–water partition coefficient (Wildman–Crippen LogP) is 3.89. The Morgan fingerprint density at radius 2 is 2.00 bits per heavy atom. The molecule has 0 aliphatic heterocycles. The lowest BCUT2D eigenvalue weighted by Crippen LogP contribution is -1.97. The Morgan fingerprint density at radius 3 is 2.56 bits per heavy atom. The molecule has 1 rings (SSSR count). The summed E-state index contributed by atoms with van der Waals surface area (Å²) in [7, 11) is 0. The normalized spacial score (nSPS) is 11.3. The Morgan fingerprint density at radius 1 is 1.33 bits per heavy atom. The standard InChI is InChI=1S/C14H19NO3/c1-3-4-5-10-18-14-8-6-13(7-9-14)11-12(2)15(16)17/h6-9,11H,3-5,10H2,1-2H3/b12-11+. The van der Waals surface area contributed by atoms with Crippen molar-refractivity contribution in [3.05, 3.63) is 45.6 Å². The summed E-state index contributed by atoms with van der Waals surface area (Å²) in [5.74, 6) is 0.807. The minimum atomic E-state index is -0.394. The highest BCUT2D eigenvalue weighted by atomic mass is 16.6. The zero-order valence-electron chi connectivity index (χ0n) is 10.9. The summed E-state index contributed by atoms with van der Waals surface area (Å²) in [5.41, 5.74) is 0.941. The third-order valence-corrected chi connectivity index (χ3v) is 2.56. The van der Waals surface area contributed by atoms with E-state index in [4.69, 9.17) is 4.74 Å². The molecule has 0 radical (unpaired) electrons. The number of unbranched alkanes of at least 4 members (excludes halogenated alkanes) is 2. The third kappa shape index (κ3) is 4.99. The number of nitro groups is 1. The topological polar surface area (TPSA) is 52.4 Å². The molecular weight excluding hydrogens is 230 g/mol. The molecule has 0 amide bonds. The molecule has 98 valence electrons. The molecule has 0 heterocycles. The first-order valence-electron chi connectivity index (χ1n) is 6.19. The number of ether oxygens (including phenoxy) is 1. The van der Waals surface area contributed by atoms with E-state index >= 15 is 0 Å². The second kappa shape index (κ2) is 7.48. The molecule has 1 aromatic carbocycles. The molecule has 0 aliphatic rings. The number of nitrogens with zero attached hydrogens (tertiary/aromatic N) is 1. The fourth-order valence-electron chi connectivity index (χ4n) is 1.50. The second-order valence-electron chi connectivity index (χ2n) is 4.17. The van der Waals surface area contributed by atoms with Crippen LogP contribution in [0.25, 0.3) is 6.08 Å². The van der Waals surface area contributed by atoms with Gasteiger partial charge in [0.25, 0.3) is 0 Å². The Labute approximate surface area is 107 Å². The van der Waals surface area contributed by atoms with Crippen LogP contribution in [0.5, 0.6) is 5.75 Å². The Hall–Kier alpha value is -1.84. The van der Waals surface area contributed by atoms with Crippen molar-refractivity contribution in [2.75, 3.05) is 6.61 Å². The molecule has 4 nitrogen and oxygen atoms in total. The summed E-state index contributed by atoms with van der Waals surface area (Å²) in [4.78, 5) is 10.1. The average molecular weight is 249 g/mol. The van der Waals surface area contributed by atoms with Crippen LogP contribution in [0.4, 0.5) is 0 Å². The number of rotatable bonds is 7. The second-order valence-corrected chi connectivity index (χ2v) is 4.17. The molecular formula is C14H19NO3. The van der Waals surface area contributed by atoms with Gasteiger partial charge in [-0.25, -0.2) is 0 Å². The van der Waals surface area contributed by atoms with Gasteiger partial charge >= 0.3 is 0 Å². The molecule has 0 spiro atoms. The van der Waals surface area contributed by atoms with E-state index in [1.54, 1.807) is 6.08 Å². The summed E-state index contributed by atoms with van der Waals surface area (Å²) in [6.45, 7) is 4.35. The summed E-state index contributed by atoms with van der Waals surface area (Å²) < 4.78 is 5.56. The number of benzene rings is 1. The minimum absolute atomic E-state index is 0.131. The van der Waals surface area contributed by atoms with Gasteiger partial charge in [-0.15, -0.1) is 0 Å². The smallest absolute Gasteiger partial charge is 0.243 e. The molecule has 0 atom stereocenters. The van der Waals surface area contributed by atoms with Crippen LogP contribution in [0.1, 0.15) is 38.7 Å². The van der Waals surface area contributed by atoms with Crippen molar-refractivity contribution < 1.29 is 9.66 Å². The fourth-order valence-corrected chi connectivity index (χ4v) is 1.50. The summed E-state index contributed by atoms with van der Waals surface area (Å²) in [6.07, 6.45) is 4.94. The van der Waals surface area contributed by atoms with Crippen LogP contribution < -0.4 is 4.74 Å². The first-order chi connectivity index (χ1) is 8.63. The number of hydrogen-bond acceptors (Lipinski definition) is 3. The van der Waals surface area contributed by atoms with Crippen molar-refractivity contribution in [1.29, 1.82) is 0 Å². The van der Waals surface area contributed by atoms with Crippen molar-refractivity contribution in [3.8, 4) is 5.75 Å². The average Bonchev–Trinajstić information content (AvgIpc) is 2.36. The van der Waals surface area contributed by atoms with Crippen LogP contribution in [-0.4, -0.2) is 11.5 Å². The SMILES string of the molecule is CCCCCOc1ccc(/C=C(\C)[N+](=O)[O-])cc1. The van der Waals surface area contributed by atoms with Crippen LogP contribution in [0.2, 0.25) is 0 Å². The van der Waals surface area contributed by atoms with E-state index in [2.05, 4.69) is 6.92 Å². The summed E-state index contributed by atoms with van der Waals surface area (Å²) in [5, 5.41) is 10.5. The van der Waals surface area contributed by atoms with Gasteiger partial charge in [0.05, 0.1) is 11.5 Å². The highest BCUT2D eigenvalue weighted by Gasteiger charge is 2.02. The van der Waals surface area contributed by atoms with Gasteiger partial charge in [0.15, 0.2) is 0 Å². The molecule has 4 heteroatoms. The van der Waals surface area contributed by atoms with Gasteiger partial charge in [0.2, 0.25) is 5.70 Å². The van der Waals surface area contributed by atoms with Gasteiger partial charge in [-0.2, -0.15) is 0 Å². The summed E-state index contributed by atoms with van der Waals surface area (Å²) >= 11 is 0. The zero-order valence-corrected chi connectivity index (χ0v) is 10.9. The van der Waals surface area contributed by atoms with Gasteiger partial charge < -0.3 is 4.74 Å². The molecule has 0 fully saturated rings. The third-order valence-electron chi connectivity index (χ3n) is 2.56. The largest absolute Gasteiger partial charge is 0.494 e. The van der Waals surface area contributed by atoms with E-state index in [9.17, 15) is 10.1 Å². The van der Waals surface area contributed by atoms with Gasteiger partial charge in [-0.05, 0) is 24.1 Å². The van der Waals surface area contributed by atoms with Gasteiger partial charge in [0.1, 0.15) is 5.75 Å². The van der Waals surface area contributed by atoms with Crippen LogP contribution >= 0.6 is 0 Å². The summed E-state index contributed by atoms with van der Waals surface area (Å²) in [6, 6.07) is 7.32. The van der Waals surface area contributed by atoms with E-state index < -0.39 is 4.92 Å². The van der Waals surface area contributed by atoms with Crippen molar-refractivity contribution in [2.24, 2.45) is 0 Å². The lowest BCUT2D eigenvalue weighted by Gasteiger charge is -2.05. The molecule has 0 unspecified atom stereocenters. The quantitative estimate of drug-likeness (QED) is 0.418. The Balaban J connectivity index is 2.52. The predicted molar refractivity (Wildman–Crippen MR) is 72.1 cm³/mol. The van der Waals surface area contributed by atoms with E-state index in [0.29, 0.717) is 0 Å². The van der Waals surface area contributed by atoms with Crippen LogP contribution in [0, 0.1) is 10.1 Å². The molecule has 0 saturated heterocycles. The maximum atomic E-state index is 10.5. The minimum Gasteiger partial charge on any atom is -0.494 e. The lowest BCUT2D eigenvalue weighted by molar-refractivity contribution is -0.422. The van der Waals surface area contributed by atoms with Crippen molar-refractivity contribution in [3.63, 3.8) is 0 Å². The van der Waals surface area contributed by atoms with Gasteiger partial charge in [-0.3, -0.25) is 10.1 Å². The van der Waals surface area contributed by atoms with E-state index in [1.165, 1.54) is 19.8 Å². The molecule has 0 bridgehead atoms. The maximum Gasteiger partial charge on any atom is 0.243 e. The molecule has 0 aliphatic carbocycles. The van der Waals surface area contributed by atoms with Gasteiger partial charge in [0, 0.05) is 13.0 Å². The van der Waals surface area contributed by atoms with E-state index in [-0.39, 0.29) is 5.70 Å². The highest BCUT2D eigenvalue weighted by molar-refractivity contribution is 5.51. The molecule has 0 N–H and O–H groups in total. The Kier molecular flexibility index (Phi) is 5.91. The van der Waals surface area contributed by atoms with Gasteiger partial charge in [-0.1, -0.05) is 31.9 Å². The first-order valence-corrected chi connectivity index (χ1v) is 6.19. The van der Waals surface area contributed by atoms with E-state index in [0.717, 1.165) is 24.3 Å². The fraction of sp³-hybridized carbons (Fsp3) is 0.429. The van der Waals surface area contributed by atoms with Crippen molar-refractivity contribution in [2.45, 2.75) is 33.1 Å². The molecule has 18 heavy (non-hydrogen) atoms.